The molecule has 0 atom stereocenters. The van der Waals surface area contributed by atoms with Crippen LogP contribution in [0.4, 0.5) is 4.39 Å². The molecule has 2 aromatic heterocycles. The number of hydrogen-bond donors (Lipinski definition) is 1. The molecule has 4 aromatic rings. The lowest BCUT2D eigenvalue weighted by atomic mass is 10.2. The second-order valence-corrected chi connectivity index (χ2v) is 10.1. The third-order valence-corrected chi connectivity index (χ3v) is 7.86. The SMILES string of the molecule is Cc1ccc(-n2c(SCC(=O)NCc3ccc(F)cc3)nc3sc4c(c3c2=O)CCC4)cc1. The number of nitrogens with one attached hydrogen (secondary N) is 1. The molecule has 0 radical (unpaired) electrons. The minimum Gasteiger partial charge on any atom is -0.351 e. The highest BCUT2D eigenvalue weighted by Crippen LogP contribution is 2.36. The van der Waals surface area contributed by atoms with E-state index in [4.69, 9.17) is 4.98 Å². The van der Waals surface area contributed by atoms with Gasteiger partial charge in [-0.1, -0.05) is 41.6 Å². The van der Waals surface area contributed by atoms with E-state index in [2.05, 4.69) is 5.32 Å². The molecular weight excluding hydrogens is 457 g/mol. The Hall–Kier alpha value is -2.97. The predicted molar refractivity (Wildman–Crippen MR) is 131 cm³/mol. The number of thioether (sulfide) groups is 1. The topological polar surface area (TPSA) is 64.0 Å². The average Bonchev–Trinajstić information content (AvgIpc) is 3.39. The maximum Gasteiger partial charge on any atom is 0.267 e. The number of hydrogen-bond acceptors (Lipinski definition) is 5. The van der Waals surface area contributed by atoms with E-state index < -0.39 is 0 Å². The largest absolute Gasteiger partial charge is 0.351 e. The molecule has 2 heterocycles. The molecule has 0 fully saturated rings. The fraction of sp³-hybridized carbons (Fsp3) is 0.240. The zero-order chi connectivity index (χ0) is 22.9. The first-order valence-electron chi connectivity index (χ1n) is 10.8. The first-order valence-corrected chi connectivity index (χ1v) is 12.6. The number of fused-ring (bicyclic) bond motifs is 3. The lowest BCUT2D eigenvalue weighted by molar-refractivity contribution is -0.118. The van der Waals surface area contributed by atoms with Gasteiger partial charge < -0.3 is 5.32 Å². The van der Waals surface area contributed by atoms with Crippen LogP contribution in [-0.2, 0) is 24.2 Å². The Kier molecular flexibility index (Phi) is 6.03. The van der Waals surface area contributed by atoms with Gasteiger partial charge in [0.15, 0.2) is 5.16 Å². The molecule has 1 amide bonds. The minimum absolute atomic E-state index is 0.0718. The lowest BCUT2D eigenvalue weighted by Crippen LogP contribution is -2.26. The van der Waals surface area contributed by atoms with Crippen LogP contribution in [0, 0.1) is 12.7 Å². The zero-order valence-corrected chi connectivity index (χ0v) is 19.7. The van der Waals surface area contributed by atoms with Crippen molar-refractivity contribution in [2.75, 3.05) is 5.75 Å². The van der Waals surface area contributed by atoms with E-state index in [1.165, 1.54) is 28.8 Å². The van der Waals surface area contributed by atoms with E-state index in [1.807, 2.05) is 31.2 Å². The van der Waals surface area contributed by atoms with E-state index in [1.54, 1.807) is 28.0 Å². The van der Waals surface area contributed by atoms with Gasteiger partial charge in [0.05, 0.1) is 16.8 Å². The second-order valence-electron chi connectivity index (χ2n) is 8.10. The minimum atomic E-state index is -0.310. The van der Waals surface area contributed by atoms with Crippen molar-refractivity contribution in [3.8, 4) is 5.69 Å². The van der Waals surface area contributed by atoms with Gasteiger partial charge in [-0.25, -0.2) is 9.37 Å². The Bertz CT molecular complexity index is 1390. The summed E-state index contributed by atoms with van der Waals surface area (Å²) < 4.78 is 14.7. The monoisotopic (exact) mass is 479 g/mol. The van der Waals surface area contributed by atoms with Crippen LogP contribution < -0.4 is 10.9 Å². The molecule has 0 bridgehead atoms. The summed E-state index contributed by atoms with van der Waals surface area (Å²) in [6.07, 6.45) is 2.98. The molecule has 168 valence electrons. The van der Waals surface area contributed by atoms with Crippen LogP contribution in [0.25, 0.3) is 15.9 Å². The predicted octanol–water partition coefficient (Wildman–Crippen LogP) is 4.79. The maximum absolute atomic E-state index is 13.6. The van der Waals surface area contributed by atoms with Crippen LogP contribution in [0.15, 0.2) is 58.5 Å². The number of benzene rings is 2. The van der Waals surface area contributed by atoms with Gasteiger partial charge in [-0.05, 0) is 61.6 Å². The summed E-state index contributed by atoms with van der Waals surface area (Å²) in [5.74, 6) is -0.366. The lowest BCUT2D eigenvalue weighted by Gasteiger charge is -2.13. The maximum atomic E-state index is 13.6. The summed E-state index contributed by atoms with van der Waals surface area (Å²) in [5.41, 5.74) is 3.73. The van der Waals surface area contributed by atoms with Gasteiger partial charge in [-0.3, -0.25) is 14.2 Å². The van der Waals surface area contributed by atoms with Crippen molar-refractivity contribution in [1.29, 1.82) is 0 Å². The highest BCUT2D eigenvalue weighted by molar-refractivity contribution is 7.99. The summed E-state index contributed by atoms with van der Waals surface area (Å²) in [4.78, 5) is 32.9. The quantitative estimate of drug-likeness (QED) is 0.319. The molecule has 1 aliphatic rings. The third kappa shape index (κ3) is 4.45. The van der Waals surface area contributed by atoms with Gasteiger partial charge in [0.1, 0.15) is 10.6 Å². The fourth-order valence-electron chi connectivity index (χ4n) is 4.03. The van der Waals surface area contributed by atoms with Gasteiger partial charge in [-0.15, -0.1) is 11.3 Å². The first-order chi connectivity index (χ1) is 16.0. The number of aryl methyl sites for hydroxylation is 3. The highest BCUT2D eigenvalue weighted by Gasteiger charge is 2.24. The van der Waals surface area contributed by atoms with Crippen molar-refractivity contribution < 1.29 is 9.18 Å². The summed E-state index contributed by atoms with van der Waals surface area (Å²) in [5, 5.41) is 4.07. The molecule has 33 heavy (non-hydrogen) atoms. The molecule has 0 saturated carbocycles. The van der Waals surface area contributed by atoms with Crippen molar-refractivity contribution in [3.63, 3.8) is 0 Å². The molecule has 1 N–H and O–H groups in total. The molecule has 0 saturated heterocycles. The molecule has 2 aromatic carbocycles. The van der Waals surface area contributed by atoms with Crippen molar-refractivity contribution in [3.05, 3.63) is 86.3 Å². The average molecular weight is 480 g/mol. The second kappa shape index (κ2) is 9.11. The molecule has 0 aliphatic heterocycles. The standard InChI is InChI=1S/C25H22FN3O2S2/c1-15-5-11-18(12-6-15)29-24(31)22-19-3-2-4-20(19)33-23(22)28-25(29)32-14-21(30)27-13-16-7-9-17(26)10-8-16/h5-12H,2-4,13-14H2,1H3,(H,27,30). The van der Waals surface area contributed by atoms with Gasteiger partial charge in [0.2, 0.25) is 5.91 Å². The summed E-state index contributed by atoms with van der Waals surface area (Å²) in [6.45, 7) is 2.31. The molecule has 5 rings (SSSR count). The summed E-state index contributed by atoms with van der Waals surface area (Å²) in [7, 11) is 0. The zero-order valence-electron chi connectivity index (χ0n) is 18.1. The number of rotatable bonds is 6. The molecular formula is C25H22FN3O2S2. The smallest absolute Gasteiger partial charge is 0.267 e. The molecule has 1 aliphatic carbocycles. The van der Waals surface area contributed by atoms with Crippen molar-refractivity contribution >= 4 is 39.2 Å². The van der Waals surface area contributed by atoms with Gasteiger partial charge >= 0.3 is 0 Å². The molecule has 8 heteroatoms. The number of carbonyl (C=O) groups excluding carboxylic acids is 1. The first kappa shape index (κ1) is 21.9. The molecule has 0 unspecified atom stereocenters. The number of nitrogens with zero attached hydrogens (tertiary/aromatic N) is 2. The number of halogens is 1. The number of amides is 1. The fourth-order valence-corrected chi connectivity index (χ4v) is 6.17. The number of carbonyl (C=O) groups is 1. The number of aromatic nitrogens is 2. The van der Waals surface area contributed by atoms with Crippen LogP contribution in [0.1, 0.15) is 28.0 Å². The van der Waals surface area contributed by atoms with E-state index >= 15 is 0 Å². The number of thiophene rings is 1. The third-order valence-electron chi connectivity index (χ3n) is 5.74. The van der Waals surface area contributed by atoms with Crippen LogP contribution in [0.3, 0.4) is 0 Å². The Balaban J connectivity index is 1.43. The van der Waals surface area contributed by atoms with E-state index in [0.29, 0.717) is 11.7 Å². The van der Waals surface area contributed by atoms with Crippen molar-refractivity contribution in [2.45, 2.75) is 37.9 Å². The Morgan fingerprint density at radius 3 is 2.67 bits per heavy atom. The van der Waals surface area contributed by atoms with Gasteiger partial charge in [0, 0.05) is 11.4 Å². The Labute approximate surface area is 198 Å². The Morgan fingerprint density at radius 1 is 1.15 bits per heavy atom. The Morgan fingerprint density at radius 2 is 1.91 bits per heavy atom. The van der Waals surface area contributed by atoms with Crippen LogP contribution in [0.5, 0.6) is 0 Å². The van der Waals surface area contributed by atoms with Crippen LogP contribution in [0.2, 0.25) is 0 Å². The van der Waals surface area contributed by atoms with E-state index in [9.17, 15) is 14.0 Å². The van der Waals surface area contributed by atoms with Crippen molar-refractivity contribution in [2.24, 2.45) is 0 Å². The summed E-state index contributed by atoms with van der Waals surface area (Å²) >= 11 is 2.84. The highest BCUT2D eigenvalue weighted by atomic mass is 32.2. The van der Waals surface area contributed by atoms with E-state index in [-0.39, 0.29) is 23.0 Å². The van der Waals surface area contributed by atoms with Gasteiger partial charge in [-0.2, -0.15) is 0 Å². The van der Waals surface area contributed by atoms with Crippen LogP contribution >= 0.6 is 23.1 Å². The van der Waals surface area contributed by atoms with Crippen LogP contribution in [-0.4, -0.2) is 21.2 Å². The molecule has 5 nitrogen and oxygen atoms in total. The van der Waals surface area contributed by atoms with Crippen molar-refractivity contribution in [1.82, 2.24) is 14.9 Å². The summed E-state index contributed by atoms with van der Waals surface area (Å²) in [6, 6.07) is 13.8. The van der Waals surface area contributed by atoms with E-state index in [0.717, 1.165) is 51.9 Å². The molecule has 0 spiro atoms. The normalized spacial score (nSPS) is 12.8. The van der Waals surface area contributed by atoms with Gasteiger partial charge in [0.25, 0.3) is 5.56 Å².